The molecule has 0 unspecified atom stereocenters. The van der Waals surface area contributed by atoms with E-state index in [9.17, 15) is 0 Å². The summed E-state index contributed by atoms with van der Waals surface area (Å²) in [5.74, 6) is 0.721. The van der Waals surface area contributed by atoms with Gasteiger partial charge in [0.15, 0.2) is 0 Å². The molecule has 1 aromatic rings. The van der Waals surface area contributed by atoms with Gasteiger partial charge >= 0.3 is 0 Å². The van der Waals surface area contributed by atoms with Crippen LogP contribution >= 0.6 is 11.3 Å². The molecule has 90 valence electrons. The van der Waals surface area contributed by atoms with E-state index >= 15 is 0 Å². The van der Waals surface area contributed by atoms with E-state index in [2.05, 4.69) is 20.8 Å². The molecule has 1 fully saturated rings. The van der Waals surface area contributed by atoms with Crippen LogP contribution in [0.3, 0.4) is 0 Å². The number of rotatable bonds is 3. The van der Waals surface area contributed by atoms with E-state index in [0.717, 1.165) is 5.92 Å². The van der Waals surface area contributed by atoms with Gasteiger partial charge in [-0.3, -0.25) is 0 Å². The van der Waals surface area contributed by atoms with Crippen molar-refractivity contribution < 1.29 is 0 Å². The molecule has 1 aromatic heterocycles. The normalized spacial score (nSPS) is 18.2. The van der Waals surface area contributed by atoms with E-state index in [1.807, 2.05) is 11.3 Å². The Morgan fingerprint density at radius 3 is 2.56 bits per heavy atom. The summed E-state index contributed by atoms with van der Waals surface area (Å²) < 4.78 is 0. The average molecular weight is 238 g/mol. The summed E-state index contributed by atoms with van der Waals surface area (Å²) in [4.78, 5) is 6.28. The predicted octanol–water partition coefficient (Wildman–Crippen LogP) is 3.35. The summed E-state index contributed by atoms with van der Waals surface area (Å²) in [5, 5.41) is 1.22. The Balaban J connectivity index is 2.27. The van der Waals surface area contributed by atoms with Gasteiger partial charge in [0.2, 0.25) is 0 Å². The molecule has 2 rings (SSSR count). The maximum atomic E-state index is 5.82. The fraction of sp³-hybridized carbons (Fsp3) is 0.769. The molecule has 0 bridgehead atoms. The molecule has 1 heterocycles. The molecule has 0 amide bonds. The highest BCUT2D eigenvalue weighted by molar-refractivity contribution is 7.11. The molecule has 16 heavy (non-hydrogen) atoms. The van der Waals surface area contributed by atoms with Crippen LogP contribution in [0.4, 0.5) is 0 Å². The number of hydrogen-bond acceptors (Lipinski definition) is 3. The zero-order chi connectivity index (χ0) is 11.8. The zero-order valence-corrected chi connectivity index (χ0v) is 11.4. The van der Waals surface area contributed by atoms with Gasteiger partial charge in [0.25, 0.3) is 0 Å². The molecule has 3 heteroatoms. The van der Waals surface area contributed by atoms with E-state index in [-0.39, 0.29) is 5.41 Å². The minimum absolute atomic E-state index is 0.0340. The van der Waals surface area contributed by atoms with Crippen molar-refractivity contribution in [1.29, 1.82) is 0 Å². The van der Waals surface area contributed by atoms with Gasteiger partial charge in [0, 0.05) is 22.8 Å². The van der Waals surface area contributed by atoms with Gasteiger partial charge in [-0.1, -0.05) is 26.7 Å². The van der Waals surface area contributed by atoms with Crippen LogP contribution in [0, 0.1) is 6.92 Å². The number of hydrogen-bond donors (Lipinski definition) is 1. The van der Waals surface area contributed by atoms with E-state index in [1.165, 1.54) is 41.3 Å². The summed E-state index contributed by atoms with van der Waals surface area (Å²) in [6.45, 7) is 7.25. The lowest BCUT2D eigenvalue weighted by Crippen LogP contribution is -2.27. The maximum Gasteiger partial charge on any atom is 0.1000 e. The molecular formula is C13H22N2S. The molecule has 0 spiro atoms. The zero-order valence-electron chi connectivity index (χ0n) is 10.5. The van der Waals surface area contributed by atoms with Crippen LogP contribution in [0.1, 0.15) is 61.0 Å². The summed E-state index contributed by atoms with van der Waals surface area (Å²) in [6, 6.07) is 0. The number of aryl methyl sites for hydroxylation is 1. The van der Waals surface area contributed by atoms with Crippen molar-refractivity contribution in [3.63, 3.8) is 0 Å². The first-order valence-electron chi connectivity index (χ1n) is 6.22. The van der Waals surface area contributed by atoms with Crippen LogP contribution in [-0.2, 0) is 5.41 Å². The van der Waals surface area contributed by atoms with Gasteiger partial charge in [-0.15, -0.1) is 11.3 Å². The van der Waals surface area contributed by atoms with Crippen molar-refractivity contribution in [3.8, 4) is 0 Å². The van der Waals surface area contributed by atoms with E-state index < -0.39 is 0 Å². The molecule has 1 aliphatic rings. The molecule has 0 aromatic carbocycles. The average Bonchev–Trinajstić information content (AvgIpc) is 2.86. The summed E-state index contributed by atoms with van der Waals surface area (Å²) >= 11 is 1.84. The monoisotopic (exact) mass is 238 g/mol. The minimum Gasteiger partial charge on any atom is -0.330 e. The van der Waals surface area contributed by atoms with Crippen molar-refractivity contribution in [3.05, 3.63) is 15.6 Å². The Hall–Kier alpha value is -0.410. The molecule has 0 atom stereocenters. The lowest BCUT2D eigenvalue weighted by atomic mass is 9.95. The standard InChI is InChI=1S/C13H22N2S/c1-9-11(10-6-4-5-7-10)15-12(16-9)13(2,3)8-14/h10H,4-8,14H2,1-3H3. The fourth-order valence-electron chi connectivity index (χ4n) is 2.36. The third-order valence-electron chi connectivity index (χ3n) is 3.66. The first-order chi connectivity index (χ1) is 7.54. The molecule has 2 N–H and O–H groups in total. The Kier molecular flexibility index (Phi) is 3.36. The topological polar surface area (TPSA) is 38.9 Å². The van der Waals surface area contributed by atoms with Gasteiger partial charge in [-0.2, -0.15) is 0 Å². The number of nitrogens with zero attached hydrogens (tertiary/aromatic N) is 1. The molecule has 1 aliphatic carbocycles. The van der Waals surface area contributed by atoms with Gasteiger partial charge in [0.05, 0.1) is 10.7 Å². The van der Waals surface area contributed by atoms with Gasteiger partial charge < -0.3 is 5.73 Å². The SMILES string of the molecule is Cc1sc(C(C)(C)CN)nc1C1CCCC1. The Labute approximate surface area is 102 Å². The van der Waals surface area contributed by atoms with E-state index in [1.54, 1.807) is 0 Å². The van der Waals surface area contributed by atoms with Gasteiger partial charge in [-0.05, 0) is 19.8 Å². The lowest BCUT2D eigenvalue weighted by molar-refractivity contribution is 0.531. The molecule has 1 saturated carbocycles. The molecular weight excluding hydrogens is 216 g/mol. The third kappa shape index (κ3) is 2.16. The molecule has 0 radical (unpaired) electrons. The highest BCUT2D eigenvalue weighted by Gasteiger charge is 2.27. The highest BCUT2D eigenvalue weighted by atomic mass is 32.1. The number of nitrogens with two attached hydrogens (primary N) is 1. The van der Waals surface area contributed by atoms with Crippen molar-refractivity contribution in [2.45, 2.75) is 57.8 Å². The van der Waals surface area contributed by atoms with Crippen LogP contribution < -0.4 is 5.73 Å². The van der Waals surface area contributed by atoms with Crippen LogP contribution in [0.2, 0.25) is 0 Å². The molecule has 0 aliphatic heterocycles. The van der Waals surface area contributed by atoms with E-state index in [0.29, 0.717) is 6.54 Å². The second-order valence-corrected chi connectivity index (χ2v) is 6.73. The second kappa shape index (κ2) is 4.46. The van der Waals surface area contributed by atoms with Crippen molar-refractivity contribution in [2.75, 3.05) is 6.54 Å². The van der Waals surface area contributed by atoms with E-state index in [4.69, 9.17) is 10.7 Å². The second-order valence-electron chi connectivity index (χ2n) is 5.53. The predicted molar refractivity (Wildman–Crippen MR) is 70.1 cm³/mol. The van der Waals surface area contributed by atoms with Crippen LogP contribution in [-0.4, -0.2) is 11.5 Å². The third-order valence-corrected chi connectivity index (χ3v) is 5.02. The van der Waals surface area contributed by atoms with Crippen LogP contribution in [0.15, 0.2) is 0 Å². The van der Waals surface area contributed by atoms with Crippen molar-refractivity contribution >= 4 is 11.3 Å². The first-order valence-corrected chi connectivity index (χ1v) is 7.04. The summed E-state index contributed by atoms with van der Waals surface area (Å²) in [6.07, 6.45) is 5.40. The highest BCUT2D eigenvalue weighted by Crippen LogP contribution is 2.39. The Morgan fingerprint density at radius 1 is 1.38 bits per heavy atom. The van der Waals surface area contributed by atoms with Gasteiger partial charge in [-0.25, -0.2) is 4.98 Å². The fourth-order valence-corrected chi connectivity index (χ4v) is 3.47. The molecule has 2 nitrogen and oxygen atoms in total. The van der Waals surface area contributed by atoms with Crippen molar-refractivity contribution in [2.24, 2.45) is 5.73 Å². The first kappa shape index (κ1) is 12.1. The number of thiazole rings is 1. The Bertz CT molecular complexity index is 362. The van der Waals surface area contributed by atoms with Gasteiger partial charge in [0.1, 0.15) is 0 Å². The summed E-state index contributed by atoms with van der Waals surface area (Å²) in [5.41, 5.74) is 7.21. The number of aromatic nitrogens is 1. The molecule has 0 saturated heterocycles. The quantitative estimate of drug-likeness (QED) is 0.877. The summed E-state index contributed by atoms with van der Waals surface area (Å²) in [7, 11) is 0. The maximum absolute atomic E-state index is 5.82. The minimum atomic E-state index is 0.0340. The lowest BCUT2D eigenvalue weighted by Gasteiger charge is -2.18. The van der Waals surface area contributed by atoms with Crippen LogP contribution in [0.25, 0.3) is 0 Å². The van der Waals surface area contributed by atoms with Crippen molar-refractivity contribution in [1.82, 2.24) is 4.98 Å². The van der Waals surface area contributed by atoms with Crippen LogP contribution in [0.5, 0.6) is 0 Å². The largest absolute Gasteiger partial charge is 0.330 e. The smallest absolute Gasteiger partial charge is 0.1000 e. The Morgan fingerprint density at radius 2 is 2.00 bits per heavy atom.